The normalized spacial score (nSPS) is 28.1. The first-order valence-electron chi connectivity index (χ1n) is 8.52. The van der Waals surface area contributed by atoms with Crippen molar-refractivity contribution in [3.8, 4) is 0 Å². The van der Waals surface area contributed by atoms with Crippen LogP contribution < -0.4 is 0 Å². The first kappa shape index (κ1) is 18.1. The Bertz CT molecular complexity index is 741. The SMILES string of the molecule is O=S1(=O)[C@](CO)(Cc2ccccc2)CC[C@@]1(CO)Cc1ccccc1. The van der Waals surface area contributed by atoms with E-state index in [1.54, 1.807) is 0 Å². The Morgan fingerprint density at radius 2 is 1.08 bits per heavy atom. The van der Waals surface area contributed by atoms with Gasteiger partial charge in [0.1, 0.15) is 0 Å². The highest BCUT2D eigenvalue weighted by molar-refractivity contribution is 7.94. The molecule has 3 rings (SSSR count). The van der Waals surface area contributed by atoms with Crippen molar-refractivity contribution in [2.75, 3.05) is 13.2 Å². The summed E-state index contributed by atoms with van der Waals surface area (Å²) in [7, 11) is -3.75. The second kappa shape index (κ2) is 6.90. The summed E-state index contributed by atoms with van der Waals surface area (Å²) in [6.07, 6.45) is 1.24. The van der Waals surface area contributed by atoms with E-state index in [-0.39, 0.29) is 12.8 Å². The molecule has 2 aromatic rings. The molecule has 1 aliphatic rings. The van der Waals surface area contributed by atoms with Gasteiger partial charge in [0.2, 0.25) is 0 Å². The number of rotatable bonds is 6. The van der Waals surface area contributed by atoms with Gasteiger partial charge in [-0.1, -0.05) is 60.7 Å². The molecule has 2 atom stereocenters. The summed E-state index contributed by atoms with van der Waals surface area (Å²) in [6.45, 7) is -0.860. The van der Waals surface area contributed by atoms with E-state index in [0.717, 1.165) is 11.1 Å². The average Bonchev–Trinajstić information content (AvgIpc) is 2.85. The maximum absolute atomic E-state index is 13.5. The van der Waals surface area contributed by atoms with Gasteiger partial charge in [-0.15, -0.1) is 0 Å². The summed E-state index contributed by atoms with van der Waals surface area (Å²) in [4.78, 5) is 0. The molecular weight excluding hydrogens is 336 g/mol. The molecule has 134 valence electrons. The molecule has 4 nitrogen and oxygen atoms in total. The Balaban J connectivity index is 1.98. The number of hydrogen-bond acceptors (Lipinski definition) is 4. The lowest BCUT2D eigenvalue weighted by Crippen LogP contribution is -2.50. The van der Waals surface area contributed by atoms with Crippen LogP contribution in [0.5, 0.6) is 0 Å². The van der Waals surface area contributed by atoms with Gasteiger partial charge in [0.05, 0.1) is 22.7 Å². The molecule has 1 heterocycles. The molecule has 2 aromatic carbocycles. The van der Waals surface area contributed by atoms with E-state index in [0.29, 0.717) is 12.8 Å². The summed E-state index contributed by atoms with van der Waals surface area (Å²) in [5.41, 5.74) is 1.77. The minimum atomic E-state index is -3.75. The van der Waals surface area contributed by atoms with Gasteiger partial charge < -0.3 is 10.2 Å². The predicted octanol–water partition coefficient (Wildman–Crippen LogP) is 2.14. The predicted molar refractivity (Wildman–Crippen MR) is 98.1 cm³/mol. The smallest absolute Gasteiger partial charge is 0.166 e. The van der Waals surface area contributed by atoms with Crippen LogP contribution in [-0.4, -0.2) is 41.3 Å². The molecule has 0 spiro atoms. The maximum atomic E-state index is 13.5. The van der Waals surface area contributed by atoms with E-state index in [1.807, 2.05) is 60.7 Å². The molecule has 0 radical (unpaired) electrons. The van der Waals surface area contributed by atoms with Crippen molar-refractivity contribution in [1.29, 1.82) is 0 Å². The van der Waals surface area contributed by atoms with Crippen molar-refractivity contribution in [2.24, 2.45) is 0 Å². The van der Waals surface area contributed by atoms with Crippen molar-refractivity contribution >= 4 is 9.84 Å². The van der Waals surface area contributed by atoms with Crippen LogP contribution in [0.25, 0.3) is 0 Å². The van der Waals surface area contributed by atoms with Crippen LogP contribution in [0.3, 0.4) is 0 Å². The molecule has 5 heteroatoms. The summed E-state index contributed by atoms with van der Waals surface area (Å²) >= 11 is 0. The summed E-state index contributed by atoms with van der Waals surface area (Å²) < 4.78 is 24.5. The molecule has 2 N–H and O–H groups in total. The highest BCUT2D eigenvalue weighted by Crippen LogP contribution is 2.47. The quantitative estimate of drug-likeness (QED) is 0.828. The number of sulfone groups is 1. The lowest BCUT2D eigenvalue weighted by Gasteiger charge is -2.32. The van der Waals surface area contributed by atoms with Crippen molar-refractivity contribution < 1.29 is 18.6 Å². The molecule has 0 amide bonds. The van der Waals surface area contributed by atoms with Crippen LogP contribution >= 0.6 is 0 Å². The van der Waals surface area contributed by atoms with Crippen LogP contribution in [0.2, 0.25) is 0 Å². The first-order chi connectivity index (χ1) is 12.0. The molecule has 0 aliphatic carbocycles. The van der Waals surface area contributed by atoms with E-state index < -0.39 is 32.5 Å². The van der Waals surface area contributed by atoms with Crippen LogP contribution in [0.4, 0.5) is 0 Å². The lowest BCUT2D eigenvalue weighted by molar-refractivity contribution is 0.230. The molecule has 1 saturated heterocycles. The third-order valence-corrected chi connectivity index (χ3v) is 8.73. The summed E-state index contributed by atoms with van der Waals surface area (Å²) in [5, 5.41) is 20.1. The monoisotopic (exact) mass is 360 g/mol. The van der Waals surface area contributed by atoms with Crippen LogP contribution in [0, 0.1) is 0 Å². The Hall–Kier alpha value is -1.69. The summed E-state index contributed by atoms with van der Waals surface area (Å²) in [6, 6.07) is 18.7. The van der Waals surface area contributed by atoms with Crippen molar-refractivity contribution in [2.45, 2.75) is 35.2 Å². The average molecular weight is 360 g/mol. The zero-order valence-electron chi connectivity index (χ0n) is 14.1. The highest BCUT2D eigenvalue weighted by atomic mass is 32.2. The fourth-order valence-electron chi connectivity index (χ4n) is 3.93. The largest absolute Gasteiger partial charge is 0.395 e. The van der Waals surface area contributed by atoms with Gasteiger partial charge in [0.25, 0.3) is 0 Å². The molecule has 0 bridgehead atoms. The van der Waals surface area contributed by atoms with Crippen molar-refractivity contribution in [1.82, 2.24) is 0 Å². The standard InChI is InChI=1S/C20H24O4S/c21-15-19(13-17-7-3-1-4-8-17)11-12-20(16-22,25(19,23)24)14-18-9-5-2-6-10-18/h1-10,21-22H,11-16H2/t19-,20-/m0/s1. The maximum Gasteiger partial charge on any atom is 0.166 e. The van der Waals surface area contributed by atoms with E-state index in [1.165, 1.54) is 0 Å². The summed E-state index contributed by atoms with van der Waals surface area (Å²) in [5.74, 6) is 0. The molecule has 25 heavy (non-hydrogen) atoms. The van der Waals surface area contributed by atoms with Crippen LogP contribution in [0.15, 0.2) is 60.7 Å². The lowest BCUT2D eigenvalue weighted by atomic mass is 9.89. The first-order valence-corrected chi connectivity index (χ1v) is 10.0. The fraction of sp³-hybridized carbons (Fsp3) is 0.400. The molecule has 0 unspecified atom stereocenters. The van der Waals surface area contributed by atoms with Gasteiger partial charge in [0.15, 0.2) is 9.84 Å². The number of aliphatic hydroxyl groups is 2. The minimum Gasteiger partial charge on any atom is -0.395 e. The zero-order valence-corrected chi connectivity index (χ0v) is 15.0. The van der Waals surface area contributed by atoms with E-state index in [4.69, 9.17) is 0 Å². The molecule has 0 saturated carbocycles. The van der Waals surface area contributed by atoms with Crippen molar-refractivity contribution in [3.63, 3.8) is 0 Å². The van der Waals surface area contributed by atoms with Gasteiger partial charge in [0, 0.05) is 0 Å². The highest BCUT2D eigenvalue weighted by Gasteiger charge is 2.61. The minimum absolute atomic E-state index is 0.267. The van der Waals surface area contributed by atoms with E-state index in [9.17, 15) is 18.6 Å². The molecule has 1 aliphatic heterocycles. The van der Waals surface area contributed by atoms with Crippen LogP contribution in [-0.2, 0) is 22.7 Å². The van der Waals surface area contributed by atoms with Gasteiger partial charge in [-0.05, 0) is 36.8 Å². The Morgan fingerprint density at radius 1 is 0.720 bits per heavy atom. The number of aliphatic hydroxyl groups excluding tert-OH is 2. The van der Waals surface area contributed by atoms with Gasteiger partial charge in [-0.2, -0.15) is 0 Å². The van der Waals surface area contributed by atoms with Gasteiger partial charge in [-0.3, -0.25) is 0 Å². The topological polar surface area (TPSA) is 74.6 Å². The number of hydrogen-bond donors (Lipinski definition) is 2. The van der Waals surface area contributed by atoms with Crippen molar-refractivity contribution in [3.05, 3.63) is 71.8 Å². The Kier molecular flexibility index (Phi) is 5.00. The van der Waals surface area contributed by atoms with E-state index in [2.05, 4.69) is 0 Å². The Labute approximate surface area is 149 Å². The third kappa shape index (κ3) is 3.01. The van der Waals surface area contributed by atoms with E-state index >= 15 is 0 Å². The second-order valence-electron chi connectivity index (χ2n) is 7.01. The van der Waals surface area contributed by atoms with Gasteiger partial charge >= 0.3 is 0 Å². The van der Waals surface area contributed by atoms with Gasteiger partial charge in [-0.25, -0.2) is 8.42 Å². The van der Waals surface area contributed by atoms with Crippen LogP contribution in [0.1, 0.15) is 24.0 Å². The fourth-order valence-corrected chi connectivity index (χ4v) is 6.64. The molecular formula is C20H24O4S. The molecule has 0 aromatic heterocycles. The zero-order chi connectivity index (χ0) is 18.0. The second-order valence-corrected chi connectivity index (χ2v) is 9.75. The Morgan fingerprint density at radius 3 is 1.40 bits per heavy atom. The molecule has 1 fully saturated rings. The number of benzene rings is 2. The third-order valence-electron chi connectivity index (χ3n) is 5.49.